The lowest BCUT2D eigenvalue weighted by atomic mass is 9.81. The predicted molar refractivity (Wildman–Crippen MR) is 77.0 cm³/mol. The van der Waals surface area contributed by atoms with Gasteiger partial charge in [-0.1, -0.05) is 34.1 Å². The fourth-order valence-corrected chi connectivity index (χ4v) is 2.95. The first-order valence-corrected chi connectivity index (χ1v) is 7.70. The summed E-state index contributed by atoms with van der Waals surface area (Å²) in [5.74, 6) is -3.05. The maximum atomic E-state index is 13.3. The number of halogens is 2. The van der Waals surface area contributed by atoms with Crippen molar-refractivity contribution < 1.29 is 18.7 Å². The normalized spacial score (nSPS) is 16.2. The van der Waals surface area contributed by atoms with Gasteiger partial charge in [-0.25, -0.2) is 8.78 Å². The Morgan fingerprint density at radius 2 is 1.68 bits per heavy atom. The molecule has 0 aromatic carbocycles. The van der Waals surface area contributed by atoms with E-state index in [-0.39, 0.29) is 12.8 Å². The number of thioether (sulfide) groups is 1. The number of rotatable bonds is 8. The van der Waals surface area contributed by atoms with Crippen LogP contribution >= 0.6 is 11.8 Å². The Bertz CT molecular complexity index is 300. The summed E-state index contributed by atoms with van der Waals surface area (Å²) in [6.45, 7) is 8.99. The minimum atomic E-state index is -2.61. The second-order valence-electron chi connectivity index (χ2n) is 6.15. The van der Waals surface area contributed by atoms with E-state index >= 15 is 0 Å². The lowest BCUT2D eigenvalue weighted by Crippen LogP contribution is -2.44. The van der Waals surface area contributed by atoms with E-state index in [2.05, 4.69) is 0 Å². The molecule has 0 heterocycles. The molecule has 0 rings (SSSR count). The molecule has 1 unspecified atom stereocenters. The summed E-state index contributed by atoms with van der Waals surface area (Å²) in [4.78, 5) is 11.4. The summed E-state index contributed by atoms with van der Waals surface area (Å²) in [5.41, 5.74) is -0.421. The SMILES string of the molecule is CCCC(F)(F)CCCSC(C)(C(=O)O)C(C)(C)C. The van der Waals surface area contributed by atoms with E-state index in [1.165, 1.54) is 11.8 Å². The maximum absolute atomic E-state index is 13.3. The zero-order valence-electron chi connectivity index (χ0n) is 12.6. The lowest BCUT2D eigenvalue weighted by molar-refractivity contribution is -0.142. The second kappa shape index (κ2) is 6.91. The van der Waals surface area contributed by atoms with Crippen LogP contribution < -0.4 is 0 Å². The summed E-state index contributed by atoms with van der Waals surface area (Å²) >= 11 is 1.26. The zero-order valence-corrected chi connectivity index (χ0v) is 13.4. The maximum Gasteiger partial charge on any atom is 0.320 e. The topological polar surface area (TPSA) is 37.3 Å². The summed E-state index contributed by atoms with van der Waals surface area (Å²) < 4.78 is 25.7. The Labute approximate surface area is 119 Å². The van der Waals surface area contributed by atoms with Crippen LogP contribution in [0, 0.1) is 5.41 Å². The number of carboxylic acid groups (broad SMARTS) is 1. The Morgan fingerprint density at radius 1 is 1.16 bits per heavy atom. The van der Waals surface area contributed by atoms with Crippen LogP contribution in [0.4, 0.5) is 8.78 Å². The van der Waals surface area contributed by atoms with Gasteiger partial charge in [-0.2, -0.15) is 0 Å². The molecule has 0 aliphatic heterocycles. The number of carbonyl (C=O) groups is 1. The largest absolute Gasteiger partial charge is 0.480 e. The van der Waals surface area contributed by atoms with Crippen LogP contribution in [0.25, 0.3) is 0 Å². The Balaban J connectivity index is 4.35. The molecule has 0 aromatic rings. The van der Waals surface area contributed by atoms with Gasteiger partial charge in [-0.15, -0.1) is 11.8 Å². The fraction of sp³-hybridized carbons (Fsp3) is 0.929. The van der Waals surface area contributed by atoms with Crippen LogP contribution in [-0.4, -0.2) is 27.5 Å². The quantitative estimate of drug-likeness (QED) is 0.652. The standard InChI is InChI=1S/C14H26F2O2S/c1-6-8-14(15,16)9-7-10-19-13(5,11(17)18)12(2,3)4/h6-10H2,1-5H3,(H,17,18). The first-order chi connectivity index (χ1) is 8.46. The van der Waals surface area contributed by atoms with E-state index in [0.29, 0.717) is 18.6 Å². The van der Waals surface area contributed by atoms with Crippen molar-refractivity contribution in [3.8, 4) is 0 Å². The lowest BCUT2D eigenvalue weighted by Gasteiger charge is -2.37. The fourth-order valence-electron chi connectivity index (χ4n) is 1.70. The molecule has 0 aromatic heterocycles. The smallest absolute Gasteiger partial charge is 0.320 e. The van der Waals surface area contributed by atoms with Gasteiger partial charge in [0.25, 0.3) is 0 Å². The van der Waals surface area contributed by atoms with Crippen molar-refractivity contribution in [3.05, 3.63) is 0 Å². The van der Waals surface area contributed by atoms with Crippen LogP contribution in [0.1, 0.15) is 60.3 Å². The summed E-state index contributed by atoms with van der Waals surface area (Å²) in [7, 11) is 0. The molecular weight excluding hydrogens is 270 g/mol. The third kappa shape index (κ3) is 5.67. The average molecular weight is 296 g/mol. The summed E-state index contributed by atoms with van der Waals surface area (Å²) in [6.07, 6.45) is 0.562. The number of hydrogen-bond donors (Lipinski definition) is 1. The zero-order chi connectivity index (χ0) is 15.3. The molecule has 5 heteroatoms. The van der Waals surface area contributed by atoms with E-state index in [1.807, 2.05) is 20.8 Å². The predicted octanol–water partition coefficient (Wildman–Crippen LogP) is 4.82. The van der Waals surface area contributed by atoms with Crippen molar-refractivity contribution in [1.82, 2.24) is 0 Å². The van der Waals surface area contributed by atoms with Gasteiger partial charge in [0, 0.05) is 12.8 Å². The molecule has 0 radical (unpaired) electrons. The van der Waals surface area contributed by atoms with Crippen molar-refractivity contribution in [2.45, 2.75) is 71.0 Å². The third-order valence-corrected chi connectivity index (χ3v) is 5.39. The molecule has 2 nitrogen and oxygen atoms in total. The molecule has 0 fully saturated rings. The molecule has 0 saturated heterocycles. The van der Waals surface area contributed by atoms with Gasteiger partial charge < -0.3 is 5.11 Å². The van der Waals surface area contributed by atoms with Crippen LogP contribution in [0.5, 0.6) is 0 Å². The van der Waals surface area contributed by atoms with Gasteiger partial charge in [0.05, 0.1) is 0 Å². The summed E-state index contributed by atoms with van der Waals surface area (Å²) in [6, 6.07) is 0. The van der Waals surface area contributed by atoms with E-state index in [0.717, 1.165) is 0 Å². The number of aliphatic carboxylic acids is 1. The van der Waals surface area contributed by atoms with Crippen molar-refractivity contribution in [2.24, 2.45) is 5.41 Å². The Kier molecular flexibility index (Phi) is 6.79. The van der Waals surface area contributed by atoms with E-state index < -0.39 is 22.1 Å². The highest BCUT2D eigenvalue weighted by atomic mass is 32.2. The average Bonchev–Trinajstić information content (AvgIpc) is 2.22. The molecule has 19 heavy (non-hydrogen) atoms. The van der Waals surface area contributed by atoms with Gasteiger partial charge in [0.2, 0.25) is 5.92 Å². The number of carboxylic acids is 1. The molecule has 0 amide bonds. The second-order valence-corrected chi connectivity index (χ2v) is 7.66. The monoisotopic (exact) mass is 296 g/mol. The Hall–Kier alpha value is -0.320. The van der Waals surface area contributed by atoms with Gasteiger partial charge in [0.1, 0.15) is 4.75 Å². The first-order valence-electron chi connectivity index (χ1n) is 6.71. The molecule has 0 aliphatic carbocycles. The molecule has 0 saturated carbocycles. The van der Waals surface area contributed by atoms with Gasteiger partial charge in [-0.3, -0.25) is 4.79 Å². The molecule has 0 aliphatic rings. The van der Waals surface area contributed by atoms with E-state index in [1.54, 1.807) is 13.8 Å². The highest BCUT2D eigenvalue weighted by Crippen LogP contribution is 2.42. The van der Waals surface area contributed by atoms with Crippen molar-refractivity contribution in [1.29, 1.82) is 0 Å². The van der Waals surface area contributed by atoms with Crippen molar-refractivity contribution in [2.75, 3.05) is 5.75 Å². The Morgan fingerprint density at radius 3 is 2.05 bits per heavy atom. The molecule has 114 valence electrons. The van der Waals surface area contributed by atoms with E-state index in [4.69, 9.17) is 0 Å². The van der Waals surface area contributed by atoms with Gasteiger partial charge in [-0.05, 0) is 24.5 Å². The van der Waals surface area contributed by atoms with Crippen LogP contribution in [0.2, 0.25) is 0 Å². The number of alkyl halides is 2. The highest BCUT2D eigenvalue weighted by Gasteiger charge is 2.44. The molecule has 0 spiro atoms. The van der Waals surface area contributed by atoms with Crippen LogP contribution in [0.15, 0.2) is 0 Å². The molecule has 1 N–H and O–H groups in total. The molecule has 1 atom stereocenters. The third-order valence-electron chi connectivity index (χ3n) is 3.53. The highest BCUT2D eigenvalue weighted by molar-refractivity contribution is 8.01. The van der Waals surface area contributed by atoms with Crippen LogP contribution in [0.3, 0.4) is 0 Å². The van der Waals surface area contributed by atoms with E-state index in [9.17, 15) is 18.7 Å². The van der Waals surface area contributed by atoms with Crippen molar-refractivity contribution in [3.63, 3.8) is 0 Å². The minimum Gasteiger partial charge on any atom is -0.480 e. The van der Waals surface area contributed by atoms with Gasteiger partial charge in [0.15, 0.2) is 0 Å². The number of hydrogen-bond acceptors (Lipinski definition) is 2. The first kappa shape index (κ1) is 18.7. The van der Waals surface area contributed by atoms with Crippen LogP contribution in [-0.2, 0) is 4.79 Å². The van der Waals surface area contributed by atoms with Gasteiger partial charge >= 0.3 is 5.97 Å². The van der Waals surface area contributed by atoms with Crippen molar-refractivity contribution >= 4 is 17.7 Å². The minimum absolute atomic E-state index is 0.0901. The summed E-state index contributed by atoms with van der Waals surface area (Å²) in [5, 5.41) is 9.34. The molecule has 0 bridgehead atoms. The molecular formula is C14H26F2O2S.